The molecular formula is C108H120F24O12. The molecule has 0 unspecified atom stereocenters. The highest BCUT2D eigenvalue weighted by Crippen LogP contribution is 2.52. The summed E-state index contributed by atoms with van der Waals surface area (Å²) >= 11 is 0. The number of hydrogen-bond donors (Lipinski definition) is 0. The second kappa shape index (κ2) is 57.1. The van der Waals surface area contributed by atoms with Crippen LogP contribution in [0, 0.1) is 140 Å². The van der Waals surface area contributed by atoms with Gasteiger partial charge in [-0.15, -0.1) is 0 Å². The van der Waals surface area contributed by atoms with Gasteiger partial charge in [-0.25, -0.2) is 52.7 Å². The largest absolute Gasteiger partial charge is 0.487 e. The van der Waals surface area contributed by atoms with Gasteiger partial charge in [0.05, 0.1) is 73.0 Å². The fraction of sp³-hybridized carbons (Fsp3) is 0.500. The van der Waals surface area contributed by atoms with Gasteiger partial charge in [-0.1, -0.05) is 234 Å². The standard InChI is InChI=1S/C108H120F24O12/c1-7-13-19-25-31-37-45-133-103-90(121)78(109)66(79(110)91(103)122)55-139-72-44-43-61-62-51-73(140-56-67-80(111)92(123)104(93(124)81(67)112)134-46-38-32-26-20-14-8-2)74(141-57-68-82(113)94(125)105(95(126)83(68)114)135-47-39-33-27-21-15-9-3)52-63(62)64-53-75(142-58-69-84(115)96(127)106(97(128)85(69)116)136-48-40-34-28-22-16-10-4)76(143-59-70-86(117)98(129)107(99(130)87(70)118)137-49-41-35-29-23-17-11-5)54-65(64)77(61)102(72)144-60-71-88(119)100(131)108(101(132)89(71)120)138-50-42-36-30-24-18-12-6/h43-44,51-54H,7-42,45-50,55-60H2,1-6H3. The van der Waals surface area contributed by atoms with E-state index in [1.807, 2.05) is 41.5 Å². The van der Waals surface area contributed by atoms with Crippen LogP contribution in [0.3, 0.4) is 0 Å². The first-order valence-electron chi connectivity index (χ1n) is 49.5. The highest BCUT2D eigenvalue weighted by atomic mass is 19.2. The van der Waals surface area contributed by atoms with Gasteiger partial charge in [0.1, 0.15) is 39.6 Å². The van der Waals surface area contributed by atoms with Crippen LogP contribution in [0.5, 0.6) is 69.0 Å². The summed E-state index contributed by atoms with van der Waals surface area (Å²) in [4.78, 5) is 0. The Morgan fingerprint density at radius 2 is 0.306 bits per heavy atom. The second-order valence-corrected chi connectivity index (χ2v) is 35.3. The van der Waals surface area contributed by atoms with E-state index < -0.39 is 354 Å². The van der Waals surface area contributed by atoms with Gasteiger partial charge in [0.25, 0.3) is 0 Å². The molecule has 10 rings (SSSR count). The normalized spacial score (nSPS) is 11.6. The molecule has 0 atom stereocenters. The van der Waals surface area contributed by atoms with Crippen LogP contribution in [0.25, 0.3) is 32.3 Å². The van der Waals surface area contributed by atoms with Gasteiger partial charge in [0.2, 0.25) is 69.8 Å². The molecule has 0 heterocycles. The summed E-state index contributed by atoms with van der Waals surface area (Å²) in [5, 5.41) is -3.86. The van der Waals surface area contributed by atoms with Crippen molar-refractivity contribution in [3.63, 3.8) is 0 Å². The Balaban J connectivity index is 1.27. The molecule has 0 bridgehead atoms. The lowest BCUT2D eigenvalue weighted by Gasteiger charge is -2.22. The highest BCUT2D eigenvalue weighted by Gasteiger charge is 2.37. The molecular weight excluding hydrogens is 1950 g/mol. The molecule has 12 nitrogen and oxygen atoms in total. The number of ether oxygens (including phenoxy) is 12. The maximum atomic E-state index is 17.0. The molecule has 0 aliphatic carbocycles. The van der Waals surface area contributed by atoms with E-state index in [0.717, 1.165) is 140 Å². The Morgan fingerprint density at radius 3 is 0.507 bits per heavy atom. The Kier molecular flexibility index (Phi) is 45.6. The van der Waals surface area contributed by atoms with Crippen molar-refractivity contribution < 1.29 is 162 Å². The van der Waals surface area contributed by atoms with E-state index in [9.17, 15) is 0 Å². The monoisotopic (exact) mass is 2060 g/mol. The van der Waals surface area contributed by atoms with E-state index in [0.29, 0.717) is 89.2 Å². The molecule has 0 radical (unpaired) electrons. The van der Waals surface area contributed by atoms with Gasteiger partial charge >= 0.3 is 0 Å². The third-order valence-electron chi connectivity index (χ3n) is 24.7. The maximum Gasteiger partial charge on any atom is 0.204 e. The van der Waals surface area contributed by atoms with Crippen LogP contribution in [-0.4, -0.2) is 39.6 Å². The van der Waals surface area contributed by atoms with E-state index in [-0.39, 0.29) is 38.5 Å². The van der Waals surface area contributed by atoms with E-state index in [2.05, 4.69) is 0 Å². The minimum Gasteiger partial charge on any atom is -0.487 e. The Bertz CT molecular complexity index is 5550. The van der Waals surface area contributed by atoms with E-state index in [1.54, 1.807) is 0 Å². The second-order valence-electron chi connectivity index (χ2n) is 35.3. The first-order chi connectivity index (χ1) is 69.4. The number of benzene rings is 10. The molecule has 0 amide bonds. The molecule has 0 saturated heterocycles. The van der Waals surface area contributed by atoms with Crippen LogP contribution in [0.1, 0.15) is 306 Å². The van der Waals surface area contributed by atoms with Crippen molar-refractivity contribution in [1.82, 2.24) is 0 Å². The van der Waals surface area contributed by atoms with Gasteiger partial charge < -0.3 is 56.8 Å². The molecule has 0 aliphatic rings. The molecule has 10 aromatic carbocycles. The minimum atomic E-state index is -2.22. The SMILES string of the molecule is CCCCCCCCOc1c(F)c(F)c(COc2cc3c(cc2OCc2c(F)c(F)c(OCCCCCCCC)c(F)c2F)c2ccc(OCc4c(F)c(F)c(OCCCCCCCC)c(F)c4F)c(OCc4c(F)c(F)c(OCCCCCCCC)c(F)c4F)c2c2cc(OCc4c(F)c(F)c(OCCCCCCCC)c(F)c4F)c(OCc4c(F)c(F)c(OCCCCCCCC)c(F)c4F)cc32)c(F)c1F. The van der Waals surface area contributed by atoms with Crippen molar-refractivity contribution >= 4 is 32.3 Å². The molecule has 0 saturated carbocycles. The van der Waals surface area contributed by atoms with Crippen molar-refractivity contribution in [3.05, 3.63) is 209 Å². The van der Waals surface area contributed by atoms with Gasteiger partial charge in [0, 0.05) is 5.39 Å². The summed E-state index contributed by atoms with van der Waals surface area (Å²) in [6.45, 7) is -1.45. The summed E-state index contributed by atoms with van der Waals surface area (Å²) in [5.74, 6) is -67.3. The Morgan fingerprint density at radius 1 is 0.146 bits per heavy atom. The van der Waals surface area contributed by atoms with Crippen LogP contribution < -0.4 is 56.8 Å². The van der Waals surface area contributed by atoms with Crippen molar-refractivity contribution in [2.75, 3.05) is 39.6 Å². The topological polar surface area (TPSA) is 111 Å². The number of unbranched alkanes of at least 4 members (excludes halogenated alkanes) is 30. The summed E-state index contributed by atoms with van der Waals surface area (Å²) in [7, 11) is 0. The zero-order chi connectivity index (χ0) is 104. The van der Waals surface area contributed by atoms with Gasteiger partial charge in [-0.2, -0.15) is 52.7 Å². The van der Waals surface area contributed by atoms with Crippen molar-refractivity contribution in [2.45, 2.75) is 312 Å². The van der Waals surface area contributed by atoms with Gasteiger partial charge in [-0.05, 0) is 102 Å². The van der Waals surface area contributed by atoms with Crippen molar-refractivity contribution in [3.8, 4) is 69.0 Å². The van der Waals surface area contributed by atoms with Crippen LogP contribution in [0.4, 0.5) is 105 Å². The van der Waals surface area contributed by atoms with E-state index in [1.165, 1.54) is 0 Å². The van der Waals surface area contributed by atoms with Crippen LogP contribution in [0.15, 0.2) is 36.4 Å². The predicted octanol–water partition coefficient (Wildman–Crippen LogP) is 34.4. The first-order valence-corrected chi connectivity index (χ1v) is 49.5. The average Bonchev–Trinajstić information content (AvgIpc) is 0.715. The molecule has 0 spiro atoms. The lowest BCUT2D eigenvalue weighted by atomic mass is 9.92. The van der Waals surface area contributed by atoms with Crippen LogP contribution in [-0.2, 0) is 39.6 Å². The molecule has 0 N–H and O–H groups in total. The fourth-order valence-electron chi connectivity index (χ4n) is 16.5. The molecule has 0 aromatic heterocycles. The molecule has 792 valence electrons. The number of rotatable bonds is 66. The quantitative estimate of drug-likeness (QED) is 0.0157. The molecule has 36 heteroatoms. The zero-order valence-corrected chi connectivity index (χ0v) is 81.4. The van der Waals surface area contributed by atoms with Crippen LogP contribution in [0.2, 0.25) is 0 Å². The molecule has 0 aliphatic heterocycles. The van der Waals surface area contributed by atoms with Crippen molar-refractivity contribution in [2.24, 2.45) is 0 Å². The smallest absolute Gasteiger partial charge is 0.204 e. The Hall–Kier alpha value is -11.1. The first kappa shape index (κ1) is 115. The number of hydrogen-bond acceptors (Lipinski definition) is 12. The van der Waals surface area contributed by atoms with Gasteiger partial charge in [-0.3, -0.25) is 0 Å². The zero-order valence-electron chi connectivity index (χ0n) is 81.4. The third kappa shape index (κ3) is 28.6. The van der Waals surface area contributed by atoms with Crippen LogP contribution >= 0.6 is 0 Å². The average molecular weight is 2070 g/mol. The summed E-state index contributed by atoms with van der Waals surface area (Å²) in [5.41, 5.74) is -9.62. The lowest BCUT2D eigenvalue weighted by Crippen LogP contribution is -2.13. The molecule has 144 heavy (non-hydrogen) atoms. The number of fused-ring (bicyclic) bond motifs is 6. The Labute approximate surface area is 821 Å². The lowest BCUT2D eigenvalue weighted by molar-refractivity contribution is 0.231. The maximum absolute atomic E-state index is 17.0. The summed E-state index contributed by atoms with van der Waals surface area (Å²) in [6.07, 6.45) is 22.2. The molecule has 0 fully saturated rings. The predicted molar refractivity (Wildman–Crippen MR) is 496 cm³/mol. The van der Waals surface area contributed by atoms with E-state index >= 15 is 105 Å². The summed E-state index contributed by atoms with van der Waals surface area (Å²) in [6, 6.07) is 4.52. The minimum absolute atomic E-state index is 0.120. The number of halogens is 24. The summed E-state index contributed by atoms with van der Waals surface area (Å²) < 4.78 is 466. The fourth-order valence-corrected chi connectivity index (χ4v) is 16.5. The van der Waals surface area contributed by atoms with E-state index in [4.69, 9.17) is 56.8 Å². The highest BCUT2D eigenvalue weighted by molar-refractivity contribution is 6.28. The van der Waals surface area contributed by atoms with Gasteiger partial charge in [0.15, 0.2) is 139 Å². The third-order valence-corrected chi connectivity index (χ3v) is 24.7. The molecule has 10 aromatic rings. The van der Waals surface area contributed by atoms with Crippen molar-refractivity contribution in [1.29, 1.82) is 0 Å².